The number of thiocarbonyl (C=S) groups is 2. The number of hydrogen-bond acceptors (Lipinski definition) is 2. The van der Waals surface area contributed by atoms with Crippen molar-refractivity contribution in [3.8, 4) is 0 Å². The van der Waals surface area contributed by atoms with E-state index in [2.05, 4.69) is 9.69 Å². The Morgan fingerprint density at radius 3 is 1.71 bits per heavy atom. The molecule has 0 aromatic rings. The Kier molecular flexibility index (Phi) is 3.69. The summed E-state index contributed by atoms with van der Waals surface area (Å²) in [6, 6.07) is 0. The minimum absolute atomic E-state index is 0.0408. The van der Waals surface area contributed by atoms with Crippen molar-refractivity contribution in [1.82, 2.24) is 0 Å². The molecule has 0 radical (unpaired) electrons. The van der Waals surface area contributed by atoms with E-state index in [9.17, 15) is 0 Å². The van der Waals surface area contributed by atoms with Crippen LogP contribution >= 0.6 is 24.4 Å². The van der Waals surface area contributed by atoms with Crippen molar-refractivity contribution in [3.05, 3.63) is 22.8 Å². The predicted molar refractivity (Wildman–Crippen MR) is 64.3 cm³/mol. The van der Waals surface area contributed by atoms with Crippen molar-refractivity contribution in [3.63, 3.8) is 0 Å². The van der Waals surface area contributed by atoms with E-state index in [1.54, 1.807) is 0 Å². The van der Waals surface area contributed by atoms with Crippen LogP contribution in [0.25, 0.3) is 9.69 Å². The van der Waals surface area contributed by atoms with E-state index in [1.807, 2.05) is 6.92 Å². The average Bonchev–Trinajstić information content (AvgIpc) is 2.36. The Labute approximate surface area is 94.9 Å². The molecule has 0 saturated heterocycles. The van der Waals surface area contributed by atoms with Gasteiger partial charge in [-0.3, -0.25) is 0 Å². The Balaban J connectivity index is 2.91. The standard InChI is InChI=1S/C10H10N2S2/c1-6-9(13)7(4-11-2)8(5-12-3)10(6)14/h6-8H,4-5H2,1H3. The number of nitrogens with zero attached hydrogens (tertiary/aromatic N) is 2. The molecule has 2 atom stereocenters. The van der Waals surface area contributed by atoms with Gasteiger partial charge in [0.2, 0.25) is 13.1 Å². The monoisotopic (exact) mass is 222 g/mol. The molecule has 2 unspecified atom stereocenters. The highest BCUT2D eigenvalue weighted by Gasteiger charge is 2.44. The minimum atomic E-state index is 0.0408. The highest BCUT2D eigenvalue weighted by molar-refractivity contribution is 7.82. The summed E-state index contributed by atoms with van der Waals surface area (Å²) in [7, 11) is 0. The zero-order chi connectivity index (χ0) is 10.7. The van der Waals surface area contributed by atoms with Gasteiger partial charge in [-0.25, -0.2) is 13.1 Å². The second-order valence-corrected chi connectivity index (χ2v) is 4.36. The number of hydrogen-bond donors (Lipinski definition) is 0. The van der Waals surface area contributed by atoms with Gasteiger partial charge in [0.15, 0.2) is 0 Å². The Hall–Kier alpha value is -0.840. The Bertz CT molecular complexity index is 314. The second kappa shape index (κ2) is 4.59. The van der Waals surface area contributed by atoms with E-state index in [-0.39, 0.29) is 17.8 Å². The lowest BCUT2D eigenvalue weighted by atomic mass is 9.96. The van der Waals surface area contributed by atoms with Gasteiger partial charge in [0.05, 0.1) is 11.8 Å². The zero-order valence-electron chi connectivity index (χ0n) is 7.86. The highest BCUT2D eigenvalue weighted by Crippen LogP contribution is 2.33. The molecule has 0 heterocycles. The molecule has 0 bridgehead atoms. The normalized spacial score (nSPS) is 31.2. The third kappa shape index (κ3) is 1.82. The van der Waals surface area contributed by atoms with Crippen LogP contribution in [-0.2, 0) is 0 Å². The lowest BCUT2D eigenvalue weighted by Gasteiger charge is -2.07. The molecule has 0 amide bonds. The van der Waals surface area contributed by atoms with Crippen molar-refractivity contribution in [1.29, 1.82) is 0 Å². The van der Waals surface area contributed by atoms with E-state index < -0.39 is 0 Å². The Morgan fingerprint density at radius 1 is 1.07 bits per heavy atom. The smallest absolute Gasteiger partial charge is 0.222 e. The first-order valence-corrected chi connectivity index (χ1v) is 5.19. The minimum Gasteiger partial charge on any atom is -0.316 e. The van der Waals surface area contributed by atoms with Crippen LogP contribution in [0.4, 0.5) is 0 Å². The summed E-state index contributed by atoms with van der Waals surface area (Å²) >= 11 is 10.5. The molecule has 14 heavy (non-hydrogen) atoms. The fourth-order valence-electron chi connectivity index (χ4n) is 1.81. The molecule has 1 aliphatic rings. The maximum absolute atomic E-state index is 6.86. The van der Waals surface area contributed by atoms with Gasteiger partial charge < -0.3 is 9.69 Å². The van der Waals surface area contributed by atoms with Crippen LogP contribution in [0.2, 0.25) is 0 Å². The molecule has 4 heteroatoms. The van der Waals surface area contributed by atoms with E-state index >= 15 is 0 Å². The fourth-order valence-corrected chi connectivity index (χ4v) is 2.62. The van der Waals surface area contributed by atoms with E-state index in [0.717, 1.165) is 9.73 Å². The van der Waals surface area contributed by atoms with Crippen molar-refractivity contribution < 1.29 is 0 Å². The van der Waals surface area contributed by atoms with E-state index in [0.29, 0.717) is 13.1 Å². The topological polar surface area (TPSA) is 8.72 Å². The molecule has 1 aliphatic carbocycles. The van der Waals surface area contributed by atoms with E-state index in [4.69, 9.17) is 37.6 Å². The summed E-state index contributed by atoms with van der Waals surface area (Å²) in [5, 5.41) is 0. The zero-order valence-corrected chi connectivity index (χ0v) is 9.49. The van der Waals surface area contributed by atoms with Crippen molar-refractivity contribution >= 4 is 34.2 Å². The molecule has 2 nitrogen and oxygen atoms in total. The van der Waals surface area contributed by atoms with Crippen LogP contribution in [0.1, 0.15) is 6.92 Å². The van der Waals surface area contributed by atoms with Gasteiger partial charge in [-0.05, 0) is 0 Å². The molecule has 0 spiro atoms. The Morgan fingerprint density at radius 2 is 1.43 bits per heavy atom. The van der Waals surface area contributed by atoms with Crippen molar-refractivity contribution in [2.45, 2.75) is 6.92 Å². The predicted octanol–water partition coefficient (Wildman–Crippen LogP) is 2.45. The second-order valence-electron chi connectivity index (χ2n) is 3.42. The van der Waals surface area contributed by atoms with E-state index in [1.165, 1.54) is 0 Å². The lowest BCUT2D eigenvalue weighted by Crippen LogP contribution is -2.20. The van der Waals surface area contributed by atoms with Crippen LogP contribution in [0.5, 0.6) is 0 Å². The van der Waals surface area contributed by atoms with Crippen LogP contribution in [0.15, 0.2) is 0 Å². The van der Waals surface area contributed by atoms with Gasteiger partial charge in [0.25, 0.3) is 0 Å². The summed E-state index contributed by atoms with van der Waals surface area (Å²) < 4.78 is 0. The molecule has 0 aromatic heterocycles. The fraction of sp³-hybridized carbons (Fsp3) is 0.600. The molecule has 1 rings (SSSR count). The van der Waals surface area contributed by atoms with Crippen molar-refractivity contribution in [2.75, 3.05) is 13.1 Å². The average molecular weight is 222 g/mol. The van der Waals surface area contributed by atoms with Gasteiger partial charge in [-0.1, -0.05) is 31.4 Å². The largest absolute Gasteiger partial charge is 0.316 e. The van der Waals surface area contributed by atoms with Crippen LogP contribution in [-0.4, -0.2) is 22.8 Å². The summed E-state index contributed by atoms with van der Waals surface area (Å²) in [6.07, 6.45) is 0. The first kappa shape index (κ1) is 11.2. The summed E-state index contributed by atoms with van der Waals surface area (Å²) in [5.41, 5.74) is 0. The van der Waals surface area contributed by atoms with Gasteiger partial charge in [-0.15, -0.1) is 0 Å². The summed E-state index contributed by atoms with van der Waals surface area (Å²) in [5.74, 6) is 0.205. The summed E-state index contributed by atoms with van der Waals surface area (Å²) in [4.78, 5) is 8.49. The van der Waals surface area contributed by atoms with Crippen LogP contribution in [0.3, 0.4) is 0 Å². The molecule has 1 fully saturated rings. The summed E-state index contributed by atoms with van der Waals surface area (Å²) in [6.45, 7) is 16.4. The van der Waals surface area contributed by atoms with Crippen molar-refractivity contribution in [2.24, 2.45) is 17.8 Å². The molecule has 0 N–H and O–H groups in total. The maximum atomic E-state index is 6.86. The maximum Gasteiger partial charge on any atom is 0.222 e. The third-order valence-corrected chi connectivity index (χ3v) is 3.96. The van der Waals surface area contributed by atoms with Gasteiger partial charge in [0.1, 0.15) is 0 Å². The molecular weight excluding hydrogens is 212 g/mol. The molecule has 72 valence electrons. The highest BCUT2D eigenvalue weighted by atomic mass is 32.1. The van der Waals surface area contributed by atoms with Crippen LogP contribution in [0, 0.1) is 30.9 Å². The third-order valence-electron chi connectivity index (χ3n) is 2.65. The SMILES string of the molecule is [C-]#[N+]CC1C(=S)C(C)C(=S)C1C[N+]#[C-]. The van der Waals surface area contributed by atoms with Crippen LogP contribution < -0.4 is 0 Å². The van der Waals surface area contributed by atoms with Gasteiger partial charge in [0, 0.05) is 15.6 Å². The molecule has 0 aliphatic heterocycles. The first-order chi connectivity index (χ1) is 6.63. The quantitative estimate of drug-likeness (QED) is 0.524. The van der Waals surface area contributed by atoms with Gasteiger partial charge in [-0.2, -0.15) is 0 Å². The number of rotatable bonds is 2. The lowest BCUT2D eigenvalue weighted by molar-refractivity contribution is 0.628. The molecular formula is C10H10N2S2. The molecule has 1 saturated carbocycles. The first-order valence-electron chi connectivity index (χ1n) is 4.37. The molecule has 0 aromatic carbocycles. The van der Waals surface area contributed by atoms with Gasteiger partial charge >= 0.3 is 0 Å².